The van der Waals surface area contributed by atoms with Crippen molar-refractivity contribution in [2.75, 3.05) is 7.11 Å². The van der Waals surface area contributed by atoms with Crippen molar-refractivity contribution in [2.45, 2.75) is 12.5 Å². The summed E-state index contributed by atoms with van der Waals surface area (Å²) in [7, 11) is 1.65. The van der Waals surface area contributed by atoms with Crippen LogP contribution in [0.15, 0.2) is 36.0 Å². The minimum Gasteiger partial charge on any atom is -0.497 e. The SMILES string of the molecule is COc1ccc(C(C)(N)c2ncnc3scc(I)c23)cc1. The second kappa shape index (κ2) is 5.51. The Kier molecular flexibility index (Phi) is 3.85. The zero-order valence-electron chi connectivity index (χ0n) is 11.6. The van der Waals surface area contributed by atoms with Crippen LogP contribution in [-0.2, 0) is 5.54 Å². The monoisotopic (exact) mass is 411 g/mol. The van der Waals surface area contributed by atoms with Gasteiger partial charge >= 0.3 is 0 Å². The van der Waals surface area contributed by atoms with Crippen LogP contribution in [-0.4, -0.2) is 17.1 Å². The second-order valence-electron chi connectivity index (χ2n) is 4.92. The molecule has 0 aliphatic rings. The first kappa shape index (κ1) is 14.7. The molecule has 0 fully saturated rings. The molecule has 0 aliphatic heterocycles. The Hall–Kier alpha value is -1.25. The van der Waals surface area contributed by atoms with Gasteiger partial charge in [-0.05, 0) is 47.2 Å². The number of benzene rings is 1. The Morgan fingerprint density at radius 3 is 2.62 bits per heavy atom. The van der Waals surface area contributed by atoms with Crippen molar-refractivity contribution in [1.29, 1.82) is 0 Å². The van der Waals surface area contributed by atoms with Gasteiger partial charge in [-0.1, -0.05) is 12.1 Å². The Balaban J connectivity index is 2.16. The first-order valence-electron chi connectivity index (χ1n) is 6.35. The average molecular weight is 411 g/mol. The quantitative estimate of drug-likeness (QED) is 0.670. The molecule has 0 amide bonds. The van der Waals surface area contributed by atoms with Gasteiger partial charge in [-0.2, -0.15) is 0 Å². The van der Waals surface area contributed by atoms with Crippen molar-refractivity contribution >= 4 is 44.1 Å². The highest BCUT2D eigenvalue weighted by Gasteiger charge is 2.29. The molecule has 3 rings (SSSR count). The van der Waals surface area contributed by atoms with Crippen LogP contribution in [0, 0.1) is 3.57 Å². The van der Waals surface area contributed by atoms with Gasteiger partial charge in [0.2, 0.25) is 0 Å². The molecule has 108 valence electrons. The summed E-state index contributed by atoms with van der Waals surface area (Å²) in [6.45, 7) is 1.98. The van der Waals surface area contributed by atoms with Gasteiger partial charge in [0.1, 0.15) is 16.9 Å². The minimum atomic E-state index is -0.686. The summed E-state index contributed by atoms with van der Waals surface area (Å²) >= 11 is 3.92. The number of hydrogen-bond acceptors (Lipinski definition) is 5. The van der Waals surface area contributed by atoms with Crippen LogP contribution >= 0.6 is 33.9 Å². The van der Waals surface area contributed by atoms with E-state index >= 15 is 0 Å². The molecular weight excluding hydrogens is 397 g/mol. The molecule has 1 unspecified atom stereocenters. The summed E-state index contributed by atoms with van der Waals surface area (Å²) in [5, 5.41) is 3.12. The van der Waals surface area contributed by atoms with E-state index in [1.165, 1.54) is 0 Å². The molecule has 0 saturated carbocycles. The van der Waals surface area contributed by atoms with Crippen molar-refractivity contribution in [2.24, 2.45) is 5.73 Å². The molecule has 0 saturated heterocycles. The zero-order valence-corrected chi connectivity index (χ0v) is 14.6. The summed E-state index contributed by atoms with van der Waals surface area (Å²) in [5.74, 6) is 0.812. The van der Waals surface area contributed by atoms with Gasteiger partial charge < -0.3 is 10.5 Å². The molecule has 0 spiro atoms. The van der Waals surface area contributed by atoms with Crippen molar-refractivity contribution in [3.8, 4) is 5.75 Å². The molecule has 21 heavy (non-hydrogen) atoms. The number of aromatic nitrogens is 2. The zero-order chi connectivity index (χ0) is 15.0. The van der Waals surface area contributed by atoms with E-state index in [9.17, 15) is 0 Å². The number of nitrogens with zero attached hydrogens (tertiary/aromatic N) is 2. The van der Waals surface area contributed by atoms with Crippen LogP contribution < -0.4 is 10.5 Å². The molecule has 2 aromatic heterocycles. The second-order valence-corrected chi connectivity index (χ2v) is 6.94. The maximum absolute atomic E-state index is 6.62. The van der Waals surface area contributed by atoms with E-state index in [1.807, 2.05) is 31.2 Å². The molecule has 4 nitrogen and oxygen atoms in total. The lowest BCUT2D eigenvalue weighted by atomic mass is 9.88. The normalized spacial score (nSPS) is 14.1. The highest BCUT2D eigenvalue weighted by atomic mass is 127. The number of rotatable bonds is 3. The Morgan fingerprint density at radius 2 is 1.95 bits per heavy atom. The summed E-state index contributed by atoms with van der Waals surface area (Å²) in [4.78, 5) is 9.76. The fourth-order valence-electron chi connectivity index (χ4n) is 2.31. The number of halogens is 1. The highest BCUT2D eigenvalue weighted by Crippen LogP contribution is 2.35. The Morgan fingerprint density at radius 1 is 1.24 bits per heavy atom. The van der Waals surface area contributed by atoms with Crippen molar-refractivity contribution < 1.29 is 4.74 Å². The van der Waals surface area contributed by atoms with Gasteiger partial charge in [0.05, 0.1) is 18.3 Å². The number of thiophene rings is 1. The van der Waals surface area contributed by atoms with Crippen LogP contribution in [0.2, 0.25) is 0 Å². The van der Waals surface area contributed by atoms with Crippen LogP contribution in [0.5, 0.6) is 5.75 Å². The predicted octanol–water partition coefficient (Wildman–Crippen LogP) is 3.53. The molecule has 0 bridgehead atoms. The fraction of sp³-hybridized carbons (Fsp3) is 0.200. The van der Waals surface area contributed by atoms with E-state index in [-0.39, 0.29) is 0 Å². The number of methoxy groups -OCH3 is 1. The van der Waals surface area contributed by atoms with Gasteiger partial charge in [-0.15, -0.1) is 11.3 Å². The third kappa shape index (κ3) is 2.51. The average Bonchev–Trinajstić information content (AvgIpc) is 2.89. The van der Waals surface area contributed by atoms with E-state index in [1.54, 1.807) is 24.8 Å². The third-order valence-corrected chi connectivity index (χ3v) is 5.67. The molecule has 2 heterocycles. The van der Waals surface area contributed by atoms with E-state index < -0.39 is 5.54 Å². The topological polar surface area (TPSA) is 61.0 Å². The molecule has 6 heteroatoms. The van der Waals surface area contributed by atoms with Crippen LogP contribution in [0.4, 0.5) is 0 Å². The van der Waals surface area contributed by atoms with E-state index in [0.29, 0.717) is 0 Å². The summed E-state index contributed by atoms with van der Waals surface area (Å²) in [6.07, 6.45) is 1.58. The van der Waals surface area contributed by atoms with Gasteiger partial charge in [0.15, 0.2) is 0 Å². The van der Waals surface area contributed by atoms with Crippen molar-refractivity contribution in [1.82, 2.24) is 9.97 Å². The lowest BCUT2D eigenvalue weighted by Gasteiger charge is -2.25. The maximum Gasteiger partial charge on any atom is 0.128 e. The van der Waals surface area contributed by atoms with Crippen LogP contribution in [0.25, 0.3) is 10.2 Å². The molecule has 0 aliphatic carbocycles. The molecule has 2 N–H and O–H groups in total. The van der Waals surface area contributed by atoms with Gasteiger partial charge in [-0.3, -0.25) is 0 Å². The minimum absolute atomic E-state index is 0.686. The fourth-order valence-corrected chi connectivity index (χ4v) is 4.15. The highest BCUT2D eigenvalue weighted by molar-refractivity contribution is 14.1. The Bertz CT molecular complexity index is 783. The molecule has 1 aromatic carbocycles. The number of hydrogen-bond donors (Lipinski definition) is 1. The van der Waals surface area contributed by atoms with Crippen LogP contribution in [0.3, 0.4) is 0 Å². The predicted molar refractivity (Wildman–Crippen MR) is 93.8 cm³/mol. The smallest absolute Gasteiger partial charge is 0.128 e. The number of ether oxygens (including phenoxy) is 1. The van der Waals surface area contributed by atoms with Crippen molar-refractivity contribution in [3.05, 3.63) is 50.8 Å². The first-order valence-corrected chi connectivity index (χ1v) is 8.31. The van der Waals surface area contributed by atoms with Gasteiger partial charge in [0, 0.05) is 14.3 Å². The summed E-state index contributed by atoms with van der Waals surface area (Å²) in [6, 6.07) is 7.78. The van der Waals surface area contributed by atoms with E-state index in [4.69, 9.17) is 10.5 Å². The van der Waals surface area contributed by atoms with E-state index in [2.05, 4.69) is 37.9 Å². The maximum atomic E-state index is 6.62. The van der Waals surface area contributed by atoms with Gasteiger partial charge in [0.25, 0.3) is 0 Å². The van der Waals surface area contributed by atoms with Crippen LogP contribution in [0.1, 0.15) is 18.2 Å². The largest absolute Gasteiger partial charge is 0.497 e. The summed E-state index contributed by atoms with van der Waals surface area (Å²) < 4.78 is 6.33. The summed E-state index contributed by atoms with van der Waals surface area (Å²) in [5.41, 5.74) is 7.77. The number of nitrogens with two attached hydrogens (primary N) is 1. The standard InChI is InChI=1S/C15H14IN3OS/c1-15(17,9-3-5-10(20-2)6-4-9)13-12-11(16)7-21-14(12)19-8-18-13/h3-8H,17H2,1-2H3. The third-order valence-electron chi connectivity index (χ3n) is 3.51. The Labute approximate surface area is 140 Å². The molecule has 0 radical (unpaired) electrons. The lowest BCUT2D eigenvalue weighted by Crippen LogP contribution is -2.35. The molecule has 1 atom stereocenters. The number of fused-ring (bicyclic) bond motifs is 1. The van der Waals surface area contributed by atoms with Gasteiger partial charge in [-0.25, -0.2) is 9.97 Å². The molecular formula is C15H14IN3OS. The first-order chi connectivity index (χ1) is 10.0. The molecule has 3 aromatic rings. The lowest BCUT2D eigenvalue weighted by molar-refractivity contribution is 0.414. The van der Waals surface area contributed by atoms with Crippen molar-refractivity contribution in [3.63, 3.8) is 0 Å². The van der Waals surface area contributed by atoms with E-state index in [0.717, 1.165) is 30.8 Å².